The highest BCUT2D eigenvalue weighted by atomic mass is 16.3. The molecule has 0 spiro atoms. The maximum absolute atomic E-state index is 13.8. The Morgan fingerprint density at radius 3 is 2.51 bits per heavy atom. The van der Waals surface area contributed by atoms with E-state index in [9.17, 15) is 39.6 Å². The molecule has 3 aliphatic rings. The number of aliphatic hydroxyl groups excluding tert-OH is 2. The third-order valence-corrected chi connectivity index (χ3v) is 7.31. The van der Waals surface area contributed by atoms with Crippen molar-refractivity contribution >= 4 is 29.1 Å². The number of carbonyl (C=O) groups excluding carboxylic acids is 4. The van der Waals surface area contributed by atoms with Gasteiger partial charge in [0.05, 0.1) is 16.9 Å². The molecule has 0 saturated heterocycles. The first-order valence-corrected chi connectivity index (χ1v) is 11.5. The van der Waals surface area contributed by atoms with Crippen LogP contribution in [0.2, 0.25) is 0 Å². The molecule has 0 unspecified atom stereocenters. The van der Waals surface area contributed by atoms with Crippen LogP contribution in [0.3, 0.4) is 0 Å². The first-order valence-electron chi connectivity index (χ1n) is 11.5. The van der Waals surface area contributed by atoms with Gasteiger partial charge in [0.1, 0.15) is 17.1 Å². The number of pyridine rings is 1. The van der Waals surface area contributed by atoms with Crippen LogP contribution in [0.15, 0.2) is 53.1 Å². The molecule has 1 aromatic carbocycles. The van der Waals surface area contributed by atoms with Crippen molar-refractivity contribution in [3.05, 3.63) is 64.3 Å². The quantitative estimate of drug-likeness (QED) is 0.265. The topological polar surface area (TPSA) is 200 Å². The Kier molecular flexibility index (Phi) is 5.41. The highest BCUT2D eigenvalue weighted by Gasteiger charge is 2.59. The summed E-state index contributed by atoms with van der Waals surface area (Å²) in [7, 11) is 0. The third kappa shape index (κ3) is 3.42. The minimum Gasteiger partial charge on any atom is -0.511 e. The van der Waals surface area contributed by atoms with E-state index in [4.69, 9.17) is 5.73 Å². The van der Waals surface area contributed by atoms with Gasteiger partial charge in [0, 0.05) is 36.6 Å². The second-order valence-corrected chi connectivity index (χ2v) is 9.48. The smallest absolute Gasteiger partial charge is 0.255 e. The SMILES string of the molecule is CC(=O)Nc1cc(-c2ccccn2)c2c(c1O)C(=O)C1=C(O)[C@]3(O)C(=O)C(C(N)=O)=C(O)C[C@@H]3C[C@@H]1C2. The van der Waals surface area contributed by atoms with Crippen LogP contribution in [0.25, 0.3) is 11.3 Å². The number of nitrogens with two attached hydrogens (primary N) is 1. The van der Waals surface area contributed by atoms with Crippen LogP contribution in [-0.2, 0) is 20.8 Å². The molecule has 0 bridgehead atoms. The summed E-state index contributed by atoms with van der Waals surface area (Å²) in [6.45, 7) is 1.23. The Hall–Kier alpha value is -4.51. The number of allylic oxidation sites excluding steroid dienone is 2. The molecule has 3 aliphatic carbocycles. The number of ketones is 2. The number of hydrogen-bond acceptors (Lipinski definition) is 9. The van der Waals surface area contributed by atoms with Crippen molar-refractivity contribution in [3.8, 4) is 17.0 Å². The normalized spacial score (nSPS) is 24.8. The Morgan fingerprint density at radius 1 is 1.16 bits per heavy atom. The number of phenols is 1. The summed E-state index contributed by atoms with van der Waals surface area (Å²) >= 11 is 0. The summed E-state index contributed by atoms with van der Waals surface area (Å²) in [6, 6.07) is 6.65. The molecule has 11 nitrogen and oxygen atoms in total. The lowest BCUT2D eigenvalue weighted by Gasteiger charge is -2.45. The number of fused-ring (bicyclic) bond motifs is 3. The fraction of sp³-hybridized carbons (Fsp3) is 0.269. The summed E-state index contributed by atoms with van der Waals surface area (Å²) in [4.78, 5) is 54.8. The maximum atomic E-state index is 13.8. The van der Waals surface area contributed by atoms with Crippen molar-refractivity contribution in [2.45, 2.75) is 31.8 Å². The number of Topliss-reactive ketones (excluding diaryl/α,β-unsaturated/α-hetero) is 2. The van der Waals surface area contributed by atoms with E-state index in [-0.39, 0.29) is 36.1 Å². The van der Waals surface area contributed by atoms with Gasteiger partial charge in [0.2, 0.25) is 11.7 Å². The van der Waals surface area contributed by atoms with E-state index < -0.39 is 63.7 Å². The zero-order valence-corrected chi connectivity index (χ0v) is 19.6. The molecule has 0 aliphatic heterocycles. The average molecular weight is 505 g/mol. The van der Waals surface area contributed by atoms with Crippen molar-refractivity contribution in [1.29, 1.82) is 0 Å². The van der Waals surface area contributed by atoms with Crippen molar-refractivity contribution < 1.29 is 39.6 Å². The third-order valence-electron chi connectivity index (χ3n) is 7.31. The highest BCUT2D eigenvalue weighted by Crippen LogP contribution is 2.53. The molecule has 5 rings (SSSR count). The van der Waals surface area contributed by atoms with Gasteiger partial charge in [-0.1, -0.05) is 6.07 Å². The summed E-state index contributed by atoms with van der Waals surface area (Å²) in [5.41, 5.74) is 2.56. The minimum atomic E-state index is -2.65. The van der Waals surface area contributed by atoms with Crippen LogP contribution in [-0.4, -0.2) is 54.4 Å². The zero-order valence-electron chi connectivity index (χ0n) is 19.6. The van der Waals surface area contributed by atoms with E-state index in [1.807, 2.05) is 0 Å². The Balaban J connectivity index is 1.74. The van der Waals surface area contributed by atoms with Crippen LogP contribution in [0.1, 0.15) is 35.7 Å². The van der Waals surface area contributed by atoms with Gasteiger partial charge >= 0.3 is 0 Å². The number of primary amides is 1. The van der Waals surface area contributed by atoms with Gasteiger partial charge < -0.3 is 31.5 Å². The van der Waals surface area contributed by atoms with Crippen molar-refractivity contribution in [1.82, 2.24) is 4.98 Å². The zero-order chi connectivity index (χ0) is 26.8. The van der Waals surface area contributed by atoms with Crippen LogP contribution in [0, 0.1) is 11.8 Å². The fourth-order valence-electron chi connectivity index (χ4n) is 5.72. The van der Waals surface area contributed by atoms with Gasteiger partial charge in [-0.3, -0.25) is 24.2 Å². The number of hydrogen-bond donors (Lipinski definition) is 6. The molecule has 11 heteroatoms. The average Bonchev–Trinajstić information content (AvgIpc) is 2.83. The fourth-order valence-corrected chi connectivity index (χ4v) is 5.72. The van der Waals surface area contributed by atoms with E-state index in [1.165, 1.54) is 13.0 Å². The molecular weight excluding hydrogens is 482 g/mol. The van der Waals surface area contributed by atoms with Crippen LogP contribution >= 0.6 is 0 Å². The van der Waals surface area contributed by atoms with Gasteiger partial charge in [-0.2, -0.15) is 0 Å². The van der Waals surface area contributed by atoms with E-state index in [2.05, 4.69) is 10.3 Å². The number of phenolic OH excluding ortho intramolecular Hbond substituents is 1. The molecule has 2 aromatic rings. The van der Waals surface area contributed by atoms with E-state index in [0.29, 0.717) is 16.8 Å². The Morgan fingerprint density at radius 2 is 1.89 bits per heavy atom. The molecule has 0 radical (unpaired) electrons. The number of carbonyl (C=O) groups is 4. The number of aromatic hydroxyl groups is 1. The van der Waals surface area contributed by atoms with Crippen molar-refractivity contribution in [2.24, 2.45) is 17.6 Å². The first-order chi connectivity index (χ1) is 17.5. The molecule has 190 valence electrons. The second-order valence-electron chi connectivity index (χ2n) is 9.48. The summed E-state index contributed by atoms with van der Waals surface area (Å²) in [5, 5.41) is 46.3. The number of aromatic nitrogens is 1. The predicted molar refractivity (Wildman–Crippen MR) is 128 cm³/mol. The summed E-state index contributed by atoms with van der Waals surface area (Å²) < 4.78 is 0. The van der Waals surface area contributed by atoms with Crippen LogP contribution in [0.5, 0.6) is 5.75 Å². The molecular formula is C26H23N3O8. The molecule has 37 heavy (non-hydrogen) atoms. The largest absolute Gasteiger partial charge is 0.511 e. The number of anilines is 1. The van der Waals surface area contributed by atoms with E-state index in [0.717, 1.165) is 0 Å². The lowest BCUT2D eigenvalue weighted by atomic mass is 9.60. The van der Waals surface area contributed by atoms with Gasteiger partial charge in [0.25, 0.3) is 5.91 Å². The minimum absolute atomic E-state index is 0.0127. The highest BCUT2D eigenvalue weighted by molar-refractivity contribution is 6.24. The van der Waals surface area contributed by atoms with E-state index >= 15 is 0 Å². The van der Waals surface area contributed by atoms with Gasteiger partial charge in [0.15, 0.2) is 17.1 Å². The van der Waals surface area contributed by atoms with Gasteiger partial charge in [-0.15, -0.1) is 0 Å². The molecule has 0 fully saturated rings. The van der Waals surface area contributed by atoms with E-state index in [1.54, 1.807) is 24.4 Å². The number of benzene rings is 1. The van der Waals surface area contributed by atoms with Gasteiger partial charge in [-0.05, 0) is 42.5 Å². The predicted octanol–water partition coefficient (Wildman–Crippen LogP) is 1.60. The van der Waals surface area contributed by atoms with Crippen LogP contribution in [0.4, 0.5) is 5.69 Å². The molecule has 1 heterocycles. The number of rotatable bonds is 3. The standard InChI is InChI=1S/C26H23N3O8/c1-10(30)29-16-9-13(15-4-2-3-5-28-15)14-7-11-6-12-8-17(31)20(25(27)36)24(35)26(12,37)23(34)18(11)22(33)19(14)21(16)32/h2-5,9,11-12,31-32,34,37H,6-8H2,1H3,(H2,27,36)(H,29,30)/t11-,12+,26+/m1/s1. The second kappa shape index (κ2) is 8.27. The molecule has 3 atom stereocenters. The van der Waals surface area contributed by atoms with Gasteiger partial charge in [-0.25, -0.2) is 0 Å². The number of aliphatic hydroxyl groups is 3. The summed E-state index contributed by atoms with van der Waals surface area (Å²) in [6.07, 6.45) is 1.37. The summed E-state index contributed by atoms with van der Waals surface area (Å²) in [5.74, 6) is -7.68. The van der Waals surface area contributed by atoms with Crippen LogP contribution < -0.4 is 11.1 Å². The molecule has 7 N–H and O–H groups in total. The molecule has 1 aromatic heterocycles. The molecule has 0 saturated carbocycles. The lowest BCUT2D eigenvalue weighted by molar-refractivity contribution is -0.144. The Labute approximate surface area is 209 Å². The lowest BCUT2D eigenvalue weighted by Crippen LogP contribution is -2.57. The Bertz CT molecular complexity index is 1480. The van der Waals surface area contributed by atoms with Crippen molar-refractivity contribution in [3.63, 3.8) is 0 Å². The monoisotopic (exact) mass is 505 g/mol. The first kappa shape index (κ1) is 24.2. The number of amides is 2. The number of nitrogens with one attached hydrogen (secondary N) is 1. The molecule has 2 amide bonds. The number of nitrogens with zero attached hydrogens (tertiary/aromatic N) is 1. The van der Waals surface area contributed by atoms with Crippen molar-refractivity contribution in [2.75, 3.05) is 5.32 Å². The maximum Gasteiger partial charge on any atom is 0.255 e.